The average molecular weight is 494 g/mol. The SMILES string of the molecule is Cc1nc2[nH]c3c(C4CC4)cccc3c2cc1-c1nnc(C(CC(=O)NCc2ccccc2)C(C)C)o1. The molecule has 2 aromatic carbocycles. The summed E-state index contributed by atoms with van der Waals surface area (Å²) in [6.45, 7) is 6.60. The molecule has 0 bridgehead atoms. The number of hydrogen-bond acceptors (Lipinski definition) is 5. The Kier molecular flexibility index (Phi) is 5.99. The van der Waals surface area contributed by atoms with E-state index in [-0.39, 0.29) is 24.2 Å². The number of fused-ring (bicyclic) bond motifs is 3. The molecule has 1 aliphatic carbocycles. The molecule has 3 heterocycles. The van der Waals surface area contributed by atoms with Gasteiger partial charge in [-0.3, -0.25) is 4.79 Å². The Balaban J connectivity index is 1.27. The third-order valence-electron chi connectivity index (χ3n) is 7.39. The number of hydrogen-bond donors (Lipinski definition) is 2. The van der Waals surface area contributed by atoms with E-state index in [4.69, 9.17) is 9.40 Å². The minimum Gasteiger partial charge on any atom is -0.420 e. The van der Waals surface area contributed by atoms with Gasteiger partial charge >= 0.3 is 0 Å². The van der Waals surface area contributed by atoms with Crippen LogP contribution in [0.5, 0.6) is 0 Å². The molecule has 1 amide bonds. The minimum atomic E-state index is -0.178. The second kappa shape index (κ2) is 9.47. The van der Waals surface area contributed by atoms with Gasteiger partial charge in [-0.15, -0.1) is 10.2 Å². The van der Waals surface area contributed by atoms with Crippen LogP contribution in [0.25, 0.3) is 33.4 Å². The minimum absolute atomic E-state index is 0.0353. The van der Waals surface area contributed by atoms with E-state index < -0.39 is 0 Å². The van der Waals surface area contributed by atoms with Gasteiger partial charge in [0.25, 0.3) is 0 Å². The molecule has 2 N–H and O–H groups in total. The van der Waals surface area contributed by atoms with Gasteiger partial charge in [-0.25, -0.2) is 4.98 Å². The van der Waals surface area contributed by atoms with Crippen molar-refractivity contribution in [3.63, 3.8) is 0 Å². The van der Waals surface area contributed by atoms with Crippen LogP contribution < -0.4 is 5.32 Å². The van der Waals surface area contributed by atoms with Crippen molar-refractivity contribution in [2.24, 2.45) is 5.92 Å². The lowest BCUT2D eigenvalue weighted by Crippen LogP contribution is -2.26. The van der Waals surface area contributed by atoms with Crippen LogP contribution in [0.4, 0.5) is 0 Å². The number of aryl methyl sites for hydroxylation is 1. The van der Waals surface area contributed by atoms with Gasteiger partial charge in [0.1, 0.15) is 5.65 Å². The Morgan fingerprint density at radius 2 is 1.89 bits per heavy atom. The predicted octanol–water partition coefficient (Wildman–Crippen LogP) is 6.40. The highest BCUT2D eigenvalue weighted by atomic mass is 16.4. The van der Waals surface area contributed by atoms with Crippen molar-refractivity contribution in [1.29, 1.82) is 0 Å². The zero-order valence-corrected chi connectivity index (χ0v) is 21.4. The van der Waals surface area contributed by atoms with Crippen LogP contribution in [0, 0.1) is 12.8 Å². The molecule has 1 unspecified atom stereocenters. The zero-order chi connectivity index (χ0) is 25.5. The number of pyridine rings is 1. The van der Waals surface area contributed by atoms with Gasteiger partial charge in [0, 0.05) is 29.7 Å². The van der Waals surface area contributed by atoms with Gasteiger partial charge in [0.05, 0.1) is 16.8 Å². The van der Waals surface area contributed by atoms with Crippen LogP contribution >= 0.6 is 0 Å². The molecule has 0 aliphatic heterocycles. The monoisotopic (exact) mass is 493 g/mol. The molecule has 1 saturated carbocycles. The first-order chi connectivity index (χ1) is 18.0. The summed E-state index contributed by atoms with van der Waals surface area (Å²) >= 11 is 0. The number of carbonyl (C=O) groups is 1. The maximum Gasteiger partial charge on any atom is 0.249 e. The van der Waals surface area contributed by atoms with E-state index in [9.17, 15) is 4.79 Å². The van der Waals surface area contributed by atoms with Crippen LogP contribution in [0.2, 0.25) is 0 Å². The molecular weight excluding hydrogens is 462 g/mol. The lowest BCUT2D eigenvalue weighted by atomic mass is 9.92. The van der Waals surface area contributed by atoms with E-state index >= 15 is 0 Å². The molecule has 3 aromatic heterocycles. The number of nitrogens with one attached hydrogen (secondary N) is 2. The van der Waals surface area contributed by atoms with Gasteiger partial charge in [0.2, 0.25) is 17.7 Å². The van der Waals surface area contributed by atoms with Gasteiger partial charge in [0.15, 0.2) is 0 Å². The standard InChI is InChI=1S/C30H31N5O2/c1-17(2)23(15-26(36)31-16-19-8-5-4-6-9-19)29-34-35-30(37-29)24-14-25-22-11-7-10-21(20-12-13-20)27(22)33-28(25)32-18(24)3/h4-11,14,17,20,23H,12-13,15-16H2,1-3H3,(H,31,36)(H,32,33). The first-order valence-electron chi connectivity index (χ1n) is 13.0. The summed E-state index contributed by atoms with van der Waals surface area (Å²) < 4.78 is 6.19. The zero-order valence-electron chi connectivity index (χ0n) is 21.4. The third kappa shape index (κ3) is 4.61. The Bertz CT molecular complexity index is 1580. The van der Waals surface area contributed by atoms with Crippen LogP contribution in [0.1, 0.15) is 67.7 Å². The Hall–Kier alpha value is -4.00. The Labute approximate surface area is 215 Å². The number of aromatic amines is 1. The van der Waals surface area contributed by atoms with Crippen LogP contribution in [-0.4, -0.2) is 26.1 Å². The number of H-pyrrole nitrogens is 1. The number of benzene rings is 2. The van der Waals surface area contributed by atoms with Crippen molar-refractivity contribution in [1.82, 2.24) is 25.5 Å². The van der Waals surface area contributed by atoms with E-state index in [2.05, 4.69) is 58.6 Å². The molecule has 1 aliphatic rings. The van der Waals surface area contributed by atoms with E-state index in [1.807, 2.05) is 37.3 Å². The van der Waals surface area contributed by atoms with Crippen LogP contribution in [-0.2, 0) is 11.3 Å². The second-order valence-corrected chi connectivity index (χ2v) is 10.4. The average Bonchev–Trinajstić information content (AvgIpc) is 3.52. The van der Waals surface area contributed by atoms with Crippen molar-refractivity contribution in [3.8, 4) is 11.5 Å². The topological polar surface area (TPSA) is 96.7 Å². The quantitative estimate of drug-likeness (QED) is 0.261. The molecule has 1 fully saturated rings. The first-order valence-corrected chi connectivity index (χ1v) is 13.0. The maximum absolute atomic E-state index is 12.7. The summed E-state index contributed by atoms with van der Waals surface area (Å²) in [6.07, 6.45) is 2.78. The van der Waals surface area contributed by atoms with E-state index in [0.29, 0.717) is 24.2 Å². The highest BCUT2D eigenvalue weighted by Crippen LogP contribution is 2.44. The number of amides is 1. The van der Waals surface area contributed by atoms with E-state index in [1.54, 1.807) is 0 Å². The molecular formula is C30H31N5O2. The Morgan fingerprint density at radius 3 is 2.65 bits per heavy atom. The van der Waals surface area contributed by atoms with Crippen molar-refractivity contribution >= 4 is 27.8 Å². The highest BCUT2D eigenvalue weighted by Gasteiger charge is 2.28. The fraction of sp³-hybridized carbons (Fsp3) is 0.333. The lowest BCUT2D eigenvalue weighted by molar-refractivity contribution is -0.122. The summed E-state index contributed by atoms with van der Waals surface area (Å²) in [5.74, 6) is 1.51. The summed E-state index contributed by atoms with van der Waals surface area (Å²) in [4.78, 5) is 21.1. The molecule has 5 aromatic rings. The summed E-state index contributed by atoms with van der Waals surface area (Å²) in [5.41, 5.74) is 6.14. The number of carbonyl (C=O) groups excluding carboxylic acids is 1. The molecule has 7 heteroatoms. The smallest absolute Gasteiger partial charge is 0.249 e. The summed E-state index contributed by atoms with van der Waals surface area (Å²) in [6, 6.07) is 18.5. The Morgan fingerprint density at radius 1 is 1.08 bits per heavy atom. The van der Waals surface area contributed by atoms with Gasteiger partial charge < -0.3 is 14.7 Å². The predicted molar refractivity (Wildman–Crippen MR) is 144 cm³/mol. The maximum atomic E-state index is 12.7. The number of nitrogens with zero attached hydrogens (tertiary/aromatic N) is 3. The summed E-state index contributed by atoms with van der Waals surface area (Å²) in [5, 5.41) is 14.0. The number of para-hydroxylation sites is 1. The summed E-state index contributed by atoms with van der Waals surface area (Å²) in [7, 11) is 0. The van der Waals surface area contributed by atoms with Crippen LogP contribution in [0.15, 0.2) is 59.0 Å². The van der Waals surface area contributed by atoms with Crippen molar-refractivity contribution in [2.75, 3.05) is 0 Å². The van der Waals surface area contributed by atoms with Crippen molar-refractivity contribution in [2.45, 2.75) is 58.4 Å². The number of rotatable bonds is 8. The van der Waals surface area contributed by atoms with Crippen LogP contribution in [0.3, 0.4) is 0 Å². The largest absolute Gasteiger partial charge is 0.420 e. The molecule has 7 nitrogen and oxygen atoms in total. The molecule has 0 saturated heterocycles. The first kappa shape index (κ1) is 23.4. The lowest BCUT2D eigenvalue weighted by Gasteiger charge is -2.16. The molecule has 0 radical (unpaired) electrons. The van der Waals surface area contributed by atoms with Gasteiger partial charge in [-0.05, 0) is 48.8 Å². The fourth-order valence-electron chi connectivity index (χ4n) is 5.08. The second-order valence-electron chi connectivity index (χ2n) is 10.4. The van der Waals surface area contributed by atoms with Gasteiger partial charge in [-0.2, -0.15) is 0 Å². The third-order valence-corrected chi connectivity index (χ3v) is 7.39. The van der Waals surface area contributed by atoms with Gasteiger partial charge in [-0.1, -0.05) is 62.4 Å². The van der Waals surface area contributed by atoms with E-state index in [0.717, 1.165) is 27.9 Å². The molecule has 6 rings (SSSR count). The fourth-order valence-corrected chi connectivity index (χ4v) is 5.08. The molecule has 0 spiro atoms. The van der Waals surface area contributed by atoms with Crippen molar-refractivity contribution < 1.29 is 9.21 Å². The molecule has 1 atom stereocenters. The molecule has 188 valence electrons. The number of aromatic nitrogens is 4. The molecule has 37 heavy (non-hydrogen) atoms. The van der Waals surface area contributed by atoms with Crippen molar-refractivity contribution in [3.05, 3.63) is 77.3 Å². The normalized spacial score (nSPS) is 14.5. The van der Waals surface area contributed by atoms with E-state index in [1.165, 1.54) is 29.3 Å². The highest BCUT2D eigenvalue weighted by molar-refractivity contribution is 6.08.